The first kappa shape index (κ1) is 14.6. The van der Waals surface area contributed by atoms with Gasteiger partial charge in [0.2, 0.25) is 0 Å². The number of carbonyl (C=O) groups excluding carboxylic acids is 1. The molecule has 20 heavy (non-hydrogen) atoms. The smallest absolute Gasteiger partial charge is 0.275 e. The van der Waals surface area contributed by atoms with Crippen molar-refractivity contribution in [3.8, 4) is 11.5 Å². The summed E-state index contributed by atoms with van der Waals surface area (Å²) in [7, 11) is 3.01. The van der Waals surface area contributed by atoms with Crippen molar-refractivity contribution in [3.05, 3.63) is 33.2 Å². The van der Waals surface area contributed by atoms with Crippen LogP contribution in [-0.2, 0) is 0 Å². The first-order valence-electron chi connectivity index (χ1n) is 5.69. The molecule has 0 fully saturated rings. The second-order valence-corrected chi connectivity index (χ2v) is 5.36. The van der Waals surface area contributed by atoms with Crippen LogP contribution < -0.4 is 14.8 Å². The predicted molar refractivity (Wildman–Crippen MR) is 79.4 cm³/mol. The quantitative estimate of drug-likeness (QED) is 0.940. The largest absolute Gasteiger partial charge is 0.495 e. The van der Waals surface area contributed by atoms with Crippen molar-refractivity contribution in [2.45, 2.75) is 6.92 Å². The summed E-state index contributed by atoms with van der Waals surface area (Å²) in [5.41, 5.74) is 2.50. The number of benzene rings is 1. The van der Waals surface area contributed by atoms with Crippen LogP contribution in [0.4, 0.5) is 5.69 Å². The van der Waals surface area contributed by atoms with Crippen molar-refractivity contribution in [2.75, 3.05) is 19.5 Å². The van der Waals surface area contributed by atoms with E-state index < -0.39 is 0 Å². The summed E-state index contributed by atoms with van der Waals surface area (Å²) in [6.07, 6.45) is 0. The average molecular weight is 313 g/mol. The molecule has 0 saturated carbocycles. The summed E-state index contributed by atoms with van der Waals surface area (Å²) in [5.74, 6) is 0.612. The molecule has 0 atom stereocenters. The molecule has 2 rings (SSSR count). The highest BCUT2D eigenvalue weighted by Gasteiger charge is 2.16. The standard InChI is InChI=1S/C13H13ClN2O3S/c1-7-12(15-6-20-7)13(17)16-9-5-10(18-2)8(14)4-11(9)19-3/h4-6H,1-3H3,(H,16,17). The Labute approximate surface area is 125 Å². The van der Waals surface area contributed by atoms with Crippen molar-refractivity contribution in [3.63, 3.8) is 0 Å². The van der Waals surface area contributed by atoms with E-state index in [0.29, 0.717) is 27.9 Å². The monoisotopic (exact) mass is 312 g/mol. The van der Waals surface area contributed by atoms with Gasteiger partial charge in [0.1, 0.15) is 17.2 Å². The highest BCUT2D eigenvalue weighted by atomic mass is 35.5. The van der Waals surface area contributed by atoms with Crippen molar-refractivity contribution in [1.82, 2.24) is 4.98 Å². The van der Waals surface area contributed by atoms with E-state index in [1.54, 1.807) is 17.6 Å². The molecule has 0 spiro atoms. The molecule has 1 aromatic carbocycles. The summed E-state index contributed by atoms with van der Waals surface area (Å²) >= 11 is 7.43. The number of hydrogen-bond donors (Lipinski definition) is 1. The SMILES string of the molecule is COc1cc(NC(=O)c2ncsc2C)c(OC)cc1Cl. The fourth-order valence-electron chi connectivity index (χ4n) is 1.66. The topological polar surface area (TPSA) is 60.5 Å². The third kappa shape index (κ3) is 2.86. The Hall–Kier alpha value is -1.79. The van der Waals surface area contributed by atoms with Crippen molar-refractivity contribution in [1.29, 1.82) is 0 Å². The molecule has 1 aromatic heterocycles. The van der Waals surface area contributed by atoms with E-state index in [1.807, 2.05) is 6.92 Å². The molecule has 0 aliphatic heterocycles. The molecule has 0 aliphatic rings. The Morgan fingerprint density at radius 3 is 2.55 bits per heavy atom. The van der Waals surface area contributed by atoms with Gasteiger partial charge in [-0.1, -0.05) is 11.6 Å². The number of nitrogens with one attached hydrogen (secondary N) is 1. The van der Waals surface area contributed by atoms with E-state index in [9.17, 15) is 4.79 Å². The number of aryl methyl sites for hydroxylation is 1. The Kier molecular flexibility index (Phi) is 4.46. The molecule has 1 heterocycles. The average Bonchev–Trinajstić information content (AvgIpc) is 2.86. The molecule has 5 nitrogen and oxygen atoms in total. The van der Waals surface area contributed by atoms with Crippen LogP contribution in [0.25, 0.3) is 0 Å². The lowest BCUT2D eigenvalue weighted by molar-refractivity contribution is 0.102. The van der Waals surface area contributed by atoms with Gasteiger partial charge < -0.3 is 14.8 Å². The van der Waals surface area contributed by atoms with Gasteiger partial charge in [-0.25, -0.2) is 4.98 Å². The van der Waals surface area contributed by atoms with Crippen LogP contribution in [-0.4, -0.2) is 25.1 Å². The van der Waals surface area contributed by atoms with E-state index in [1.165, 1.54) is 25.6 Å². The predicted octanol–water partition coefficient (Wildman–Crippen LogP) is 3.37. The summed E-state index contributed by atoms with van der Waals surface area (Å²) < 4.78 is 10.3. The number of aromatic nitrogens is 1. The molecule has 106 valence electrons. The fourth-order valence-corrected chi connectivity index (χ4v) is 2.47. The maximum Gasteiger partial charge on any atom is 0.275 e. The molecule has 0 bridgehead atoms. The zero-order chi connectivity index (χ0) is 14.7. The number of thiazole rings is 1. The number of rotatable bonds is 4. The number of halogens is 1. The number of methoxy groups -OCH3 is 2. The maximum atomic E-state index is 12.2. The number of hydrogen-bond acceptors (Lipinski definition) is 5. The van der Waals surface area contributed by atoms with E-state index >= 15 is 0 Å². The highest BCUT2D eigenvalue weighted by molar-refractivity contribution is 7.09. The molecule has 0 radical (unpaired) electrons. The molecule has 1 amide bonds. The molecule has 0 unspecified atom stereocenters. The molecular formula is C13H13ClN2O3S. The van der Waals surface area contributed by atoms with Gasteiger partial charge in [0, 0.05) is 17.0 Å². The highest BCUT2D eigenvalue weighted by Crippen LogP contribution is 2.36. The van der Waals surface area contributed by atoms with Gasteiger partial charge in [0.25, 0.3) is 5.91 Å². The molecular weight excluding hydrogens is 300 g/mol. The molecule has 0 aliphatic carbocycles. The van der Waals surface area contributed by atoms with Crippen molar-refractivity contribution < 1.29 is 14.3 Å². The summed E-state index contributed by atoms with van der Waals surface area (Å²) in [4.78, 5) is 17.0. The number of amides is 1. The summed E-state index contributed by atoms with van der Waals surface area (Å²) in [6, 6.07) is 3.20. The first-order valence-corrected chi connectivity index (χ1v) is 6.95. The van der Waals surface area contributed by atoms with Crippen LogP contribution in [0.15, 0.2) is 17.6 Å². The Morgan fingerprint density at radius 1 is 1.30 bits per heavy atom. The van der Waals surface area contributed by atoms with Gasteiger partial charge in [-0.05, 0) is 6.92 Å². The molecule has 0 saturated heterocycles. The van der Waals surface area contributed by atoms with Crippen LogP contribution >= 0.6 is 22.9 Å². The number of anilines is 1. The molecule has 7 heteroatoms. The minimum atomic E-state index is -0.300. The van der Waals surface area contributed by atoms with Crippen LogP contribution in [0.3, 0.4) is 0 Å². The Balaban J connectivity index is 2.33. The third-order valence-corrected chi connectivity index (χ3v) is 3.74. The fraction of sp³-hybridized carbons (Fsp3) is 0.231. The second-order valence-electron chi connectivity index (χ2n) is 3.90. The zero-order valence-corrected chi connectivity index (χ0v) is 12.8. The second kappa shape index (κ2) is 6.11. The molecule has 1 N–H and O–H groups in total. The van der Waals surface area contributed by atoms with Crippen LogP contribution in [0.2, 0.25) is 5.02 Å². The minimum Gasteiger partial charge on any atom is -0.495 e. The van der Waals surface area contributed by atoms with Crippen LogP contribution in [0.1, 0.15) is 15.4 Å². The lowest BCUT2D eigenvalue weighted by Gasteiger charge is -2.12. The van der Waals surface area contributed by atoms with E-state index in [0.717, 1.165) is 4.88 Å². The third-order valence-electron chi connectivity index (χ3n) is 2.68. The zero-order valence-electron chi connectivity index (χ0n) is 11.2. The lowest BCUT2D eigenvalue weighted by Crippen LogP contribution is -2.14. The number of carbonyl (C=O) groups is 1. The lowest BCUT2D eigenvalue weighted by atomic mass is 10.2. The Bertz CT molecular complexity index is 643. The van der Waals surface area contributed by atoms with Crippen molar-refractivity contribution in [2.24, 2.45) is 0 Å². The van der Waals surface area contributed by atoms with Gasteiger partial charge in [0.15, 0.2) is 0 Å². The van der Waals surface area contributed by atoms with Gasteiger partial charge in [0.05, 0.1) is 30.4 Å². The minimum absolute atomic E-state index is 0.300. The van der Waals surface area contributed by atoms with Gasteiger partial charge >= 0.3 is 0 Å². The normalized spacial score (nSPS) is 10.2. The number of ether oxygens (including phenoxy) is 2. The maximum absolute atomic E-state index is 12.2. The van der Waals surface area contributed by atoms with Crippen molar-refractivity contribution >= 4 is 34.5 Å². The van der Waals surface area contributed by atoms with E-state index in [-0.39, 0.29) is 5.91 Å². The van der Waals surface area contributed by atoms with Gasteiger partial charge in [-0.2, -0.15) is 0 Å². The summed E-state index contributed by atoms with van der Waals surface area (Å²) in [5, 5.41) is 3.16. The summed E-state index contributed by atoms with van der Waals surface area (Å²) in [6.45, 7) is 1.84. The van der Waals surface area contributed by atoms with Gasteiger partial charge in [-0.3, -0.25) is 4.79 Å². The Morgan fingerprint density at radius 2 is 2.00 bits per heavy atom. The molecule has 2 aromatic rings. The van der Waals surface area contributed by atoms with Gasteiger partial charge in [-0.15, -0.1) is 11.3 Å². The first-order chi connectivity index (χ1) is 9.56. The van der Waals surface area contributed by atoms with E-state index in [2.05, 4.69) is 10.3 Å². The van der Waals surface area contributed by atoms with Crippen LogP contribution in [0, 0.1) is 6.92 Å². The van der Waals surface area contributed by atoms with E-state index in [4.69, 9.17) is 21.1 Å². The van der Waals surface area contributed by atoms with Crippen LogP contribution in [0.5, 0.6) is 11.5 Å². The number of nitrogens with zero attached hydrogens (tertiary/aromatic N) is 1.